The van der Waals surface area contributed by atoms with Crippen molar-refractivity contribution < 1.29 is 17.6 Å². The minimum absolute atomic E-state index is 0.0900. The molecule has 5 nitrogen and oxygen atoms in total. The van der Waals surface area contributed by atoms with Crippen molar-refractivity contribution in [2.24, 2.45) is 0 Å². The number of nitrogens with zero attached hydrogens (tertiary/aromatic N) is 2. The molecule has 0 radical (unpaired) electrons. The monoisotopic (exact) mass is 366 g/mol. The van der Waals surface area contributed by atoms with E-state index in [0.29, 0.717) is 0 Å². The number of sulfone groups is 1. The number of pyridine rings is 1. The van der Waals surface area contributed by atoms with E-state index in [0.717, 1.165) is 17.0 Å². The zero-order valence-corrected chi connectivity index (χ0v) is 14.3. The molecule has 1 fully saturated rings. The maximum Gasteiger partial charge on any atom is 0.233 e. The Labute approximate surface area is 143 Å². The van der Waals surface area contributed by atoms with Gasteiger partial charge in [-0.25, -0.2) is 12.8 Å². The average Bonchev–Trinajstić information content (AvgIpc) is 2.52. The van der Waals surface area contributed by atoms with E-state index in [2.05, 4.69) is 4.98 Å². The molecule has 24 heavy (non-hydrogen) atoms. The highest BCUT2D eigenvalue weighted by atomic mass is 32.2. The molecule has 1 saturated heterocycles. The van der Waals surface area contributed by atoms with E-state index in [4.69, 9.17) is 0 Å². The molecule has 0 atom stereocenters. The molecule has 3 rings (SSSR count). The standard InChI is InChI=1S/C16H15FN2O3S2/c17-12-1-3-14(4-2-12)24(21,22)15-9-19(10-15)16(20)11-23-13-5-7-18-8-6-13/h1-8,15H,9-11H2. The quantitative estimate of drug-likeness (QED) is 0.598. The van der Waals surface area contributed by atoms with Gasteiger partial charge in [-0.2, -0.15) is 0 Å². The summed E-state index contributed by atoms with van der Waals surface area (Å²) in [5.41, 5.74) is 0. The average molecular weight is 366 g/mol. The molecule has 8 heteroatoms. The largest absolute Gasteiger partial charge is 0.339 e. The Balaban J connectivity index is 1.54. The van der Waals surface area contributed by atoms with E-state index >= 15 is 0 Å². The van der Waals surface area contributed by atoms with Crippen molar-refractivity contribution in [3.8, 4) is 0 Å². The summed E-state index contributed by atoms with van der Waals surface area (Å²) >= 11 is 1.39. The van der Waals surface area contributed by atoms with Crippen LogP contribution in [0, 0.1) is 5.82 Å². The number of hydrogen-bond donors (Lipinski definition) is 0. The molecule has 0 bridgehead atoms. The number of carbonyl (C=O) groups is 1. The summed E-state index contributed by atoms with van der Waals surface area (Å²) in [6.07, 6.45) is 3.31. The molecular weight excluding hydrogens is 351 g/mol. The van der Waals surface area contributed by atoms with Crippen LogP contribution in [-0.4, -0.2) is 48.3 Å². The van der Waals surface area contributed by atoms with Gasteiger partial charge in [-0.05, 0) is 36.4 Å². The van der Waals surface area contributed by atoms with Gasteiger partial charge >= 0.3 is 0 Å². The van der Waals surface area contributed by atoms with Gasteiger partial charge in [0.2, 0.25) is 5.91 Å². The minimum Gasteiger partial charge on any atom is -0.339 e. The third-order valence-corrected chi connectivity index (χ3v) is 6.90. The van der Waals surface area contributed by atoms with E-state index in [1.807, 2.05) is 12.1 Å². The molecule has 0 aliphatic carbocycles. The fourth-order valence-electron chi connectivity index (χ4n) is 2.33. The number of carbonyl (C=O) groups excluding carboxylic acids is 1. The third kappa shape index (κ3) is 3.59. The van der Waals surface area contributed by atoms with Crippen LogP contribution in [0.2, 0.25) is 0 Å². The first-order valence-electron chi connectivity index (χ1n) is 7.27. The Bertz CT molecular complexity index is 820. The number of amides is 1. The summed E-state index contributed by atoms with van der Waals surface area (Å²) < 4.78 is 37.7. The van der Waals surface area contributed by atoms with Crippen molar-refractivity contribution in [2.45, 2.75) is 15.0 Å². The molecule has 0 unspecified atom stereocenters. The Morgan fingerprint density at radius 1 is 1.17 bits per heavy atom. The fraction of sp³-hybridized carbons (Fsp3) is 0.250. The van der Waals surface area contributed by atoms with Gasteiger partial charge < -0.3 is 4.90 Å². The molecule has 1 aliphatic heterocycles. The van der Waals surface area contributed by atoms with Gasteiger partial charge in [0.25, 0.3) is 0 Å². The Morgan fingerprint density at radius 3 is 2.42 bits per heavy atom. The Kier molecular flexibility index (Phi) is 4.86. The van der Waals surface area contributed by atoms with E-state index in [1.165, 1.54) is 28.8 Å². The van der Waals surface area contributed by atoms with Crippen LogP contribution < -0.4 is 0 Å². The highest BCUT2D eigenvalue weighted by Gasteiger charge is 2.40. The van der Waals surface area contributed by atoms with Gasteiger partial charge in [0.05, 0.1) is 10.6 Å². The molecule has 1 aliphatic rings. The SMILES string of the molecule is O=C(CSc1ccncc1)N1CC(S(=O)(=O)c2ccc(F)cc2)C1. The predicted molar refractivity (Wildman–Crippen MR) is 88.9 cm³/mol. The lowest BCUT2D eigenvalue weighted by molar-refractivity contribution is -0.131. The van der Waals surface area contributed by atoms with E-state index in [-0.39, 0.29) is 29.6 Å². The van der Waals surface area contributed by atoms with Crippen molar-refractivity contribution >= 4 is 27.5 Å². The van der Waals surface area contributed by atoms with Crippen molar-refractivity contribution in [2.75, 3.05) is 18.8 Å². The molecule has 1 aromatic heterocycles. The lowest BCUT2D eigenvalue weighted by Crippen LogP contribution is -2.57. The van der Waals surface area contributed by atoms with Crippen molar-refractivity contribution in [1.82, 2.24) is 9.88 Å². The van der Waals surface area contributed by atoms with Crippen LogP contribution >= 0.6 is 11.8 Å². The first-order valence-corrected chi connectivity index (χ1v) is 9.80. The van der Waals surface area contributed by atoms with Gasteiger partial charge in [-0.3, -0.25) is 9.78 Å². The van der Waals surface area contributed by atoms with E-state index in [1.54, 1.807) is 12.4 Å². The fourth-order valence-corrected chi connectivity index (χ4v) is 4.77. The maximum atomic E-state index is 12.9. The Hall–Kier alpha value is -1.93. The molecule has 2 aromatic rings. The molecule has 1 amide bonds. The molecular formula is C16H15FN2O3S2. The van der Waals surface area contributed by atoms with Gasteiger partial charge in [-0.15, -0.1) is 11.8 Å². The van der Waals surface area contributed by atoms with Crippen LogP contribution in [0.5, 0.6) is 0 Å². The Morgan fingerprint density at radius 2 is 1.79 bits per heavy atom. The highest BCUT2D eigenvalue weighted by Crippen LogP contribution is 2.25. The lowest BCUT2D eigenvalue weighted by atomic mass is 10.2. The predicted octanol–water partition coefficient (Wildman–Crippen LogP) is 2.00. The van der Waals surface area contributed by atoms with Gasteiger partial charge in [0.15, 0.2) is 9.84 Å². The molecule has 0 N–H and O–H groups in total. The van der Waals surface area contributed by atoms with Gasteiger partial charge in [0.1, 0.15) is 11.1 Å². The number of aromatic nitrogens is 1. The molecule has 1 aromatic carbocycles. The van der Waals surface area contributed by atoms with E-state index < -0.39 is 20.9 Å². The smallest absolute Gasteiger partial charge is 0.233 e. The second-order valence-corrected chi connectivity index (χ2v) is 8.67. The number of hydrogen-bond acceptors (Lipinski definition) is 5. The maximum absolute atomic E-state index is 12.9. The van der Waals surface area contributed by atoms with Crippen LogP contribution in [-0.2, 0) is 14.6 Å². The summed E-state index contributed by atoms with van der Waals surface area (Å²) in [7, 11) is -3.53. The second kappa shape index (κ2) is 6.90. The van der Waals surface area contributed by atoms with Crippen LogP contribution in [0.4, 0.5) is 4.39 Å². The zero-order valence-electron chi connectivity index (χ0n) is 12.6. The summed E-state index contributed by atoms with van der Waals surface area (Å²) in [4.78, 5) is 18.6. The van der Waals surface area contributed by atoms with Crippen molar-refractivity contribution in [1.29, 1.82) is 0 Å². The molecule has 2 heterocycles. The molecule has 0 spiro atoms. The summed E-state index contributed by atoms with van der Waals surface area (Å²) in [6, 6.07) is 8.40. The lowest BCUT2D eigenvalue weighted by Gasteiger charge is -2.38. The van der Waals surface area contributed by atoms with Crippen LogP contribution in [0.3, 0.4) is 0 Å². The summed E-state index contributed by atoms with van der Waals surface area (Å²) in [6.45, 7) is 0.352. The van der Waals surface area contributed by atoms with Crippen LogP contribution in [0.1, 0.15) is 0 Å². The first-order chi connectivity index (χ1) is 11.5. The van der Waals surface area contributed by atoms with Gasteiger partial charge in [-0.1, -0.05) is 0 Å². The summed E-state index contributed by atoms with van der Waals surface area (Å²) in [5, 5.41) is -0.627. The second-order valence-electron chi connectivity index (χ2n) is 5.39. The zero-order chi connectivity index (χ0) is 17.2. The van der Waals surface area contributed by atoms with Gasteiger partial charge in [0, 0.05) is 30.4 Å². The van der Waals surface area contributed by atoms with Crippen LogP contribution in [0.25, 0.3) is 0 Å². The number of likely N-dealkylation sites (tertiary alicyclic amines) is 1. The van der Waals surface area contributed by atoms with Crippen molar-refractivity contribution in [3.05, 3.63) is 54.6 Å². The minimum atomic E-state index is -3.53. The van der Waals surface area contributed by atoms with Crippen LogP contribution in [0.15, 0.2) is 58.6 Å². The summed E-state index contributed by atoms with van der Waals surface area (Å²) in [5.74, 6) is -0.317. The number of halogens is 1. The topological polar surface area (TPSA) is 67.3 Å². The third-order valence-electron chi connectivity index (χ3n) is 3.79. The normalized spacial score (nSPS) is 15.1. The number of benzene rings is 1. The molecule has 126 valence electrons. The van der Waals surface area contributed by atoms with Crippen molar-refractivity contribution in [3.63, 3.8) is 0 Å². The number of rotatable bonds is 5. The highest BCUT2D eigenvalue weighted by molar-refractivity contribution is 8.00. The van der Waals surface area contributed by atoms with E-state index in [9.17, 15) is 17.6 Å². The first kappa shape index (κ1) is 16.9. The number of thioether (sulfide) groups is 1. The molecule has 0 saturated carbocycles.